The molecule has 1 atom stereocenters. The van der Waals surface area contributed by atoms with Crippen molar-refractivity contribution in [3.05, 3.63) is 47.5 Å². The van der Waals surface area contributed by atoms with Crippen LogP contribution in [0.4, 0.5) is 5.82 Å². The van der Waals surface area contributed by atoms with Crippen molar-refractivity contribution < 1.29 is 19.1 Å². The summed E-state index contributed by atoms with van der Waals surface area (Å²) in [6, 6.07) is 8.48. The SMILES string of the molecule is COCCC(Nc1cccc(C(=O)O)n1)c1ccc(C)o1. The molecular weight excluding hydrogens is 272 g/mol. The van der Waals surface area contributed by atoms with Gasteiger partial charge in [0.25, 0.3) is 0 Å². The molecule has 0 bridgehead atoms. The number of rotatable bonds is 7. The van der Waals surface area contributed by atoms with Gasteiger partial charge in [-0.05, 0) is 37.6 Å². The normalized spacial score (nSPS) is 12.1. The molecule has 2 N–H and O–H groups in total. The van der Waals surface area contributed by atoms with Crippen LogP contribution < -0.4 is 5.32 Å². The molecule has 0 aromatic carbocycles. The summed E-state index contributed by atoms with van der Waals surface area (Å²) in [5.41, 5.74) is 0.00103. The van der Waals surface area contributed by atoms with Crippen LogP contribution in [-0.4, -0.2) is 29.8 Å². The number of nitrogens with zero attached hydrogens (tertiary/aromatic N) is 1. The van der Waals surface area contributed by atoms with Gasteiger partial charge >= 0.3 is 5.97 Å². The topological polar surface area (TPSA) is 84.6 Å². The number of carbonyl (C=O) groups is 1. The maximum atomic E-state index is 11.0. The van der Waals surface area contributed by atoms with Gasteiger partial charge in [-0.1, -0.05) is 6.07 Å². The average molecular weight is 290 g/mol. The first kappa shape index (κ1) is 15.1. The first-order valence-corrected chi connectivity index (χ1v) is 6.62. The fourth-order valence-electron chi connectivity index (χ4n) is 1.97. The third-order valence-corrected chi connectivity index (χ3v) is 3.01. The van der Waals surface area contributed by atoms with Crippen LogP contribution in [0.15, 0.2) is 34.7 Å². The molecule has 2 aromatic rings. The predicted octanol–water partition coefficient (Wildman–Crippen LogP) is 2.87. The molecule has 0 aliphatic rings. The largest absolute Gasteiger partial charge is 0.477 e. The Bertz CT molecular complexity index is 609. The Labute approximate surface area is 122 Å². The molecular formula is C15H18N2O4. The maximum Gasteiger partial charge on any atom is 0.354 e. The van der Waals surface area contributed by atoms with Crippen LogP contribution >= 0.6 is 0 Å². The molecule has 1 unspecified atom stereocenters. The Balaban J connectivity index is 2.18. The molecule has 0 aliphatic heterocycles. The number of hydrogen-bond acceptors (Lipinski definition) is 5. The second-order valence-corrected chi connectivity index (χ2v) is 4.64. The van der Waals surface area contributed by atoms with Crippen molar-refractivity contribution in [2.45, 2.75) is 19.4 Å². The lowest BCUT2D eigenvalue weighted by molar-refractivity contribution is 0.0690. The molecule has 2 rings (SSSR count). The molecule has 6 heteroatoms. The van der Waals surface area contributed by atoms with E-state index in [4.69, 9.17) is 14.3 Å². The predicted molar refractivity (Wildman–Crippen MR) is 77.5 cm³/mol. The van der Waals surface area contributed by atoms with E-state index in [1.807, 2.05) is 19.1 Å². The van der Waals surface area contributed by atoms with E-state index in [0.29, 0.717) is 18.8 Å². The third-order valence-electron chi connectivity index (χ3n) is 3.01. The number of pyridine rings is 1. The molecule has 0 aliphatic carbocycles. The summed E-state index contributed by atoms with van der Waals surface area (Å²) in [6.45, 7) is 2.43. The van der Waals surface area contributed by atoms with E-state index in [2.05, 4.69) is 10.3 Å². The van der Waals surface area contributed by atoms with Crippen molar-refractivity contribution in [3.63, 3.8) is 0 Å². The number of carboxylic acids is 1. The van der Waals surface area contributed by atoms with Crippen LogP contribution in [0.2, 0.25) is 0 Å². The summed E-state index contributed by atoms with van der Waals surface area (Å²) in [4.78, 5) is 15.0. The van der Waals surface area contributed by atoms with Gasteiger partial charge in [0.2, 0.25) is 0 Å². The van der Waals surface area contributed by atoms with Crippen LogP contribution in [-0.2, 0) is 4.74 Å². The molecule has 112 valence electrons. The molecule has 6 nitrogen and oxygen atoms in total. The van der Waals surface area contributed by atoms with Crippen LogP contribution in [0, 0.1) is 6.92 Å². The summed E-state index contributed by atoms with van der Waals surface area (Å²) in [7, 11) is 1.63. The van der Waals surface area contributed by atoms with Gasteiger partial charge in [0.15, 0.2) is 5.69 Å². The van der Waals surface area contributed by atoms with Gasteiger partial charge in [-0.2, -0.15) is 0 Å². The van der Waals surface area contributed by atoms with Gasteiger partial charge in [0, 0.05) is 13.7 Å². The fraction of sp³-hybridized carbons (Fsp3) is 0.333. The van der Waals surface area contributed by atoms with Gasteiger partial charge < -0.3 is 19.6 Å². The molecule has 0 radical (unpaired) electrons. The van der Waals surface area contributed by atoms with Crippen molar-refractivity contribution in [3.8, 4) is 0 Å². The fourth-order valence-corrected chi connectivity index (χ4v) is 1.97. The molecule has 0 saturated heterocycles. The summed E-state index contributed by atoms with van der Waals surface area (Å²) < 4.78 is 10.7. The second kappa shape index (κ2) is 6.90. The van der Waals surface area contributed by atoms with E-state index in [-0.39, 0.29) is 11.7 Å². The van der Waals surface area contributed by atoms with Crippen molar-refractivity contribution >= 4 is 11.8 Å². The van der Waals surface area contributed by atoms with E-state index >= 15 is 0 Å². The molecule has 2 aromatic heterocycles. The number of anilines is 1. The number of furan rings is 1. The number of hydrogen-bond donors (Lipinski definition) is 2. The first-order chi connectivity index (χ1) is 10.1. The molecule has 21 heavy (non-hydrogen) atoms. The van der Waals surface area contributed by atoms with Crippen LogP contribution in [0.5, 0.6) is 0 Å². The van der Waals surface area contributed by atoms with E-state index in [1.54, 1.807) is 19.2 Å². The van der Waals surface area contributed by atoms with Crippen molar-refractivity contribution in [1.29, 1.82) is 0 Å². The van der Waals surface area contributed by atoms with Crippen LogP contribution in [0.3, 0.4) is 0 Å². The quantitative estimate of drug-likeness (QED) is 0.815. The minimum absolute atomic E-state index is 0.00103. The standard InChI is InChI=1S/C15H18N2O4/c1-10-6-7-13(21-10)11(8-9-20-2)16-14-5-3-4-12(17-14)15(18)19/h3-7,11H,8-9H2,1-2H3,(H,16,17)(H,18,19). The van der Waals surface area contributed by atoms with E-state index < -0.39 is 5.97 Å². The lowest BCUT2D eigenvalue weighted by Crippen LogP contribution is -2.14. The molecule has 0 saturated carbocycles. The minimum Gasteiger partial charge on any atom is -0.477 e. The van der Waals surface area contributed by atoms with Gasteiger partial charge in [0.05, 0.1) is 6.04 Å². The maximum absolute atomic E-state index is 11.0. The third kappa shape index (κ3) is 4.06. The second-order valence-electron chi connectivity index (χ2n) is 4.64. The monoisotopic (exact) mass is 290 g/mol. The van der Waals surface area contributed by atoms with Gasteiger partial charge in [0.1, 0.15) is 17.3 Å². The van der Waals surface area contributed by atoms with Crippen molar-refractivity contribution in [1.82, 2.24) is 4.98 Å². The molecule has 0 spiro atoms. The summed E-state index contributed by atoms with van der Waals surface area (Å²) in [6.07, 6.45) is 0.683. The minimum atomic E-state index is -1.05. The van der Waals surface area contributed by atoms with E-state index in [0.717, 1.165) is 11.5 Å². The number of aromatic carboxylic acids is 1. The Morgan fingerprint density at radius 3 is 2.86 bits per heavy atom. The number of carboxylic acid groups (broad SMARTS) is 1. The lowest BCUT2D eigenvalue weighted by Gasteiger charge is -2.17. The van der Waals surface area contributed by atoms with Crippen molar-refractivity contribution in [2.75, 3.05) is 19.0 Å². The zero-order valence-electron chi connectivity index (χ0n) is 12.0. The molecule has 0 amide bonds. The Morgan fingerprint density at radius 2 is 2.24 bits per heavy atom. The molecule has 0 fully saturated rings. The number of ether oxygens (including phenoxy) is 1. The highest BCUT2D eigenvalue weighted by atomic mass is 16.5. The van der Waals surface area contributed by atoms with Gasteiger partial charge in [-0.25, -0.2) is 9.78 Å². The van der Waals surface area contributed by atoms with Crippen LogP contribution in [0.25, 0.3) is 0 Å². The summed E-state index contributed by atoms with van der Waals surface area (Å²) in [5.74, 6) is 1.03. The number of nitrogens with one attached hydrogen (secondary N) is 1. The Hall–Kier alpha value is -2.34. The highest BCUT2D eigenvalue weighted by molar-refractivity contribution is 5.85. The Morgan fingerprint density at radius 1 is 1.43 bits per heavy atom. The van der Waals surface area contributed by atoms with Crippen LogP contribution in [0.1, 0.15) is 34.5 Å². The smallest absolute Gasteiger partial charge is 0.354 e. The van der Waals surface area contributed by atoms with E-state index in [1.165, 1.54) is 6.07 Å². The zero-order chi connectivity index (χ0) is 15.2. The summed E-state index contributed by atoms with van der Waals surface area (Å²) >= 11 is 0. The number of aromatic nitrogens is 1. The highest BCUT2D eigenvalue weighted by Crippen LogP contribution is 2.23. The first-order valence-electron chi connectivity index (χ1n) is 6.62. The number of methoxy groups -OCH3 is 1. The van der Waals surface area contributed by atoms with Gasteiger partial charge in [-0.15, -0.1) is 0 Å². The zero-order valence-corrected chi connectivity index (χ0v) is 12.0. The Kier molecular flexibility index (Phi) is 4.94. The highest BCUT2D eigenvalue weighted by Gasteiger charge is 2.16. The van der Waals surface area contributed by atoms with Crippen molar-refractivity contribution in [2.24, 2.45) is 0 Å². The van der Waals surface area contributed by atoms with Gasteiger partial charge in [-0.3, -0.25) is 0 Å². The average Bonchev–Trinajstić information content (AvgIpc) is 2.90. The summed E-state index contributed by atoms with van der Waals surface area (Å²) in [5, 5.41) is 12.2. The number of aryl methyl sites for hydroxylation is 1. The van der Waals surface area contributed by atoms with E-state index in [9.17, 15) is 4.79 Å². The molecule has 2 heterocycles. The lowest BCUT2D eigenvalue weighted by atomic mass is 10.1.